The molecule has 0 N–H and O–H groups in total. The molecule has 0 aliphatic heterocycles. The van der Waals surface area contributed by atoms with Gasteiger partial charge in [0, 0.05) is 26.2 Å². The van der Waals surface area contributed by atoms with Gasteiger partial charge in [-0.05, 0) is 38.1 Å². The summed E-state index contributed by atoms with van der Waals surface area (Å²) in [7, 11) is 7.41. The molecule has 0 bridgehead atoms. The Morgan fingerprint density at radius 1 is 1.20 bits per heavy atom. The highest BCUT2D eigenvalue weighted by molar-refractivity contribution is 5.71. The Hall–Kier alpha value is -1.55. The number of hydrogen-bond donors (Lipinski definition) is 0. The van der Waals surface area contributed by atoms with E-state index >= 15 is 0 Å². The molecule has 0 heterocycles. The van der Waals surface area contributed by atoms with Crippen molar-refractivity contribution in [1.82, 2.24) is 9.80 Å². The average Bonchev–Trinajstić information content (AvgIpc) is 2.32. The third-order valence-corrected chi connectivity index (χ3v) is 3.18. The van der Waals surface area contributed by atoms with Crippen LogP contribution in [0.3, 0.4) is 0 Å². The molecule has 1 aromatic carbocycles. The third kappa shape index (κ3) is 3.97. The summed E-state index contributed by atoms with van der Waals surface area (Å²) in [6.45, 7) is 7.02. The van der Waals surface area contributed by atoms with Crippen LogP contribution in [0, 0.1) is 6.92 Å². The summed E-state index contributed by atoms with van der Waals surface area (Å²) in [5, 5.41) is 0. The van der Waals surface area contributed by atoms with Crippen LogP contribution in [0.1, 0.15) is 36.5 Å². The molecule has 0 fully saturated rings. The molecule has 0 unspecified atom stereocenters. The van der Waals surface area contributed by atoms with Crippen molar-refractivity contribution in [3.8, 4) is 5.75 Å². The Morgan fingerprint density at radius 2 is 1.80 bits per heavy atom. The molecule has 1 rings (SSSR count). The molecule has 112 valence electrons. The van der Waals surface area contributed by atoms with Crippen molar-refractivity contribution < 1.29 is 9.53 Å². The van der Waals surface area contributed by atoms with E-state index in [1.54, 1.807) is 14.1 Å². The molecule has 1 amide bonds. The highest BCUT2D eigenvalue weighted by atomic mass is 16.6. The van der Waals surface area contributed by atoms with Crippen LogP contribution in [0.4, 0.5) is 4.79 Å². The van der Waals surface area contributed by atoms with Gasteiger partial charge in [-0.25, -0.2) is 4.79 Å². The van der Waals surface area contributed by atoms with Crippen molar-refractivity contribution in [2.45, 2.75) is 33.2 Å². The first kappa shape index (κ1) is 16.5. The highest BCUT2D eigenvalue weighted by Crippen LogP contribution is 2.33. The number of carbonyl (C=O) groups excluding carboxylic acids is 1. The molecular formula is C16H26N2O2. The molecule has 20 heavy (non-hydrogen) atoms. The van der Waals surface area contributed by atoms with Gasteiger partial charge in [-0.3, -0.25) is 0 Å². The van der Waals surface area contributed by atoms with Crippen molar-refractivity contribution in [2.24, 2.45) is 0 Å². The summed E-state index contributed by atoms with van der Waals surface area (Å²) >= 11 is 0. The second kappa shape index (κ2) is 6.75. The Morgan fingerprint density at radius 3 is 2.25 bits per heavy atom. The fraction of sp³-hybridized carbons (Fsp3) is 0.562. The summed E-state index contributed by atoms with van der Waals surface area (Å²) in [6.07, 6.45) is -0.336. The SMILES string of the molecule is Cc1ccc(C(C)C)c(OC(=O)N(C)C)c1CN(C)C. The van der Waals surface area contributed by atoms with Crippen LogP contribution in [0.25, 0.3) is 0 Å². The lowest BCUT2D eigenvalue weighted by Gasteiger charge is -2.22. The number of amides is 1. The standard InChI is InChI=1S/C16H26N2O2/c1-11(2)13-9-8-12(3)14(10-17(4)5)15(13)20-16(19)18(6)7/h8-9,11H,10H2,1-7H3. The van der Waals surface area contributed by atoms with E-state index in [-0.39, 0.29) is 6.09 Å². The van der Waals surface area contributed by atoms with Gasteiger partial charge in [-0.15, -0.1) is 0 Å². The largest absolute Gasteiger partial charge is 0.414 e. The maximum absolute atomic E-state index is 11.9. The first-order chi connectivity index (χ1) is 9.23. The summed E-state index contributed by atoms with van der Waals surface area (Å²) < 4.78 is 5.64. The van der Waals surface area contributed by atoms with Gasteiger partial charge < -0.3 is 14.5 Å². The summed E-state index contributed by atoms with van der Waals surface area (Å²) in [6, 6.07) is 4.15. The van der Waals surface area contributed by atoms with Crippen LogP contribution in [0.2, 0.25) is 0 Å². The predicted octanol–water partition coefficient (Wildman–Crippen LogP) is 3.24. The minimum Gasteiger partial charge on any atom is -0.410 e. The number of ether oxygens (including phenoxy) is 1. The highest BCUT2D eigenvalue weighted by Gasteiger charge is 2.19. The Bertz CT molecular complexity index is 480. The van der Waals surface area contributed by atoms with E-state index in [2.05, 4.69) is 37.8 Å². The molecule has 0 saturated heterocycles. The fourth-order valence-electron chi connectivity index (χ4n) is 2.01. The number of benzene rings is 1. The third-order valence-electron chi connectivity index (χ3n) is 3.18. The van der Waals surface area contributed by atoms with E-state index in [0.717, 1.165) is 23.2 Å². The zero-order valence-corrected chi connectivity index (χ0v) is 13.7. The zero-order chi connectivity index (χ0) is 15.4. The lowest BCUT2D eigenvalue weighted by atomic mass is 9.95. The minimum absolute atomic E-state index is 0.307. The molecule has 0 aliphatic rings. The van der Waals surface area contributed by atoms with Gasteiger partial charge in [0.05, 0.1) is 0 Å². The second-order valence-electron chi connectivity index (χ2n) is 5.93. The van der Waals surface area contributed by atoms with Gasteiger partial charge >= 0.3 is 6.09 Å². The van der Waals surface area contributed by atoms with Crippen LogP contribution in [-0.2, 0) is 6.54 Å². The molecule has 0 spiro atoms. The predicted molar refractivity (Wildman–Crippen MR) is 82.4 cm³/mol. The van der Waals surface area contributed by atoms with Gasteiger partial charge in [-0.2, -0.15) is 0 Å². The number of carbonyl (C=O) groups is 1. The molecule has 0 aliphatic carbocycles. The van der Waals surface area contributed by atoms with Crippen LogP contribution in [0.15, 0.2) is 12.1 Å². The monoisotopic (exact) mass is 278 g/mol. The number of rotatable bonds is 4. The molecule has 4 heteroatoms. The van der Waals surface area contributed by atoms with E-state index in [9.17, 15) is 4.79 Å². The van der Waals surface area contributed by atoms with Crippen LogP contribution < -0.4 is 4.74 Å². The van der Waals surface area contributed by atoms with Crippen LogP contribution >= 0.6 is 0 Å². The Kier molecular flexibility index (Phi) is 5.57. The smallest absolute Gasteiger partial charge is 0.410 e. The molecule has 0 aromatic heterocycles. The topological polar surface area (TPSA) is 32.8 Å². The van der Waals surface area contributed by atoms with Gasteiger partial charge in [0.1, 0.15) is 5.75 Å². The number of nitrogens with zero attached hydrogens (tertiary/aromatic N) is 2. The second-order valence-corrected chi connectivity index (χ2v) is 5.93. The van der Waals surface area contributed by atoms with Gasteiger partial charge in [0.25, 0.3) is 0 Å². The van der Waals surface area contributed by atoms with E-state index in [4.69, 9.17) is 4.74 Å². The zero-order valence-electron chi connectivity index (χ0n) is 13.7. The Labute approximate surface area is 122 Å². The van der Waals surface area contributed by atoms with E-state index < -0.39 is 0 Å². The maximum Gasteiger partial charge on any atom is 0.414 e. The average molecular weight is 278 g/mol. The van der Waals surface area contributed by atoms with Crippen molar-refractivity contribution in [3.05, 3.63) is 28.8 Å². The first-order valence-electron chi connectivity index (χ1n) is 6.90. The first-order valence-corrected chi connectivity index (χ1v) is 6.90. The fourth-order valence-corrected chi connectivity index (χ4v) is 2.01. The summed E-state index contributed by atoms with van der Waals surface area (Å²) in [5.41, 5.74) is 3.30. The normalized spacial score (nSPS) is 11.1. The van der Waals surface area contributed by atoms with Gasteiger partial charge in [0.2, 0.25) is 0 Å². The van der Waals surface area contributed by atoms with Crippen molar-refractivity contribution in [1.29, 1.82) is 0 Å². The van der Waals surface area contributed by atoms with Crippen molar-refractivity contribution >= 4 is 6.09 Å². The summed E-state index contributed by atoms with van der Waals surface area (Å²) in [5.74, 6) is 1.02. The maximum atomic E-state index is 11.9. The van der Waals surface area contributed by atoms with Crippen LogP contribution in [-0.4, -0.2) is 44.1 Å². The Balaban J connectivity index is 3.32. The molecule has 1 aromatic rings. The van der Waals surface area contributed by atoms with Gasteiger partial charge in [-0.1, -0.05) is 26.0 Å². The number of aryl methyl sites for hydroxylation is 1. The quantitative estimate of drug-likeness (QED) is 0.847. The molecule has 0 radical (unpaired) electrons. The molecule has 4 nitrogen and oxygen atoms in total. The minimum atomic E-state index is -0.336. The lowest BCUT2D eigenvalue weighted by molar-refractivity contribution is 0.170. The van der Waals surface area contributed by atoms with E-state index in [0.29, 0.717) is 11.7 Å². The summed E-state index contributed by atoms with van der Waals surface area (Å²) in [4.78, 5) is 15.5. The lowest BCUT2D eigenvalue weighted by Crippen LogP contribution is -2.27. The molecule has 0 atom stereocenters. The van der Waals surface area contributed by atoms with Crippen molar-refractivity contribution in [3.63, 3.8) is 0 Å². The molecule has 0 saturated carbocycles. The number of hydrogen-bond acceptors (Lipinski definition) is 3. The van der Waals surface area contributed by atoms with E-state index in [1.807, 2.05) is 14.1 Å². The van der Waals surface area contributed by atoms with Gasteiger partial charge in [0.15, 0.2) is 0 Å². The van der Waals surface area contributed by atoms with Crippen molar-refractivity contribution in [2.75, 3.05) is 28.2 Å². The molecular weight excluding hydrogens is 252 g/mol. The van der Waals surface area contributed by atoms with E-state index in [1.165, 1.54) is 4.90 Å². The van der Waals surface area contributed by atoms with Crippen LogP contribution in [0.5, 0.6) is 5.75 Å².